The molecule has 0 saturated carbocycles. The van der Waals surface area contributed by atoms with Gasteiger partial charge in [-0.3, -0.25) is 4.98 Å². The largest absolute Gasteiger partial charge is 0.573 e. The van der Waals surface area contributed by atoms with E-state index in [1.165, 1.54) is 0 Å². The van der Waals surface area contributed by atoms with Gasteiger partial charge in [0, 0.05) is 17.2 Å². The number of aromatic nitrogens is 1. The van der Waals surface area contributed by atoms with Crippen LogP contribution in [0, 0.1) is 0 Å². The highest BCUT2D eigenvalue weighted by Gasteiger charge is 2.33. The zero-order chi connectivity index (χ0) is 18.1. The standard InChI is InChI=1S/C13H8BF6NO3/c15-12(16,17)8-5-10(14(22)23)11(21-6-8)7-1-3-9(4-2-7)24-13(18,19)20/h1-6,22-23H. The minimum absolute atomic E-state index is 0.0846. The van der Waals surface area contributed by atoms with Gasteiger partial charge in [0.1, 0.15) is 5.75 Å². The second-order valence-electron chi connectivity index (χ2n) is 4.61. The lowest BCUT2D eigenvalue weighted by atomic mass is 9.77. The molecule has 1 aromatic heterocycles. The average Bonchev–Trinajstić information content (AvgIpc) is 2.45. The molecule has 0 saturated heterocycles. The van der Waals surface area contributed by atoms with Crippen LogP contribution in [0.3, 0.4) is 0 Å². The molecule has 0 aliphatic rings. The first-order valence-corrected chi connectivity index (χ1v) is 6.27. The quantitative estimate of drug-likeness (QED) is 0.658. The monoisotopic (exact) mass is 351 g/mol. The molecule has 4 nitrogen and oxygen atoms in total. The van der Waals surface area contributed by atoms with Crippen LogP contribution in [0.2, 0.25) is 0 Å². The first-order valence-electron chi connectivity index (χ1n) is 6.27. The van der Waals surface area contributed by atoms with E-state index in [4.69, 9.17) is 0 Å². The number of benzene rings is 1. The second kappa shape index (κ2) is 6.32. The summed E-state index contributed by atoms with van der Waals surface area (Å²) in [5.41, 5.74) is -1.85. The van der Waals surface area contributed by atoms with Gasteiger partial charge in [0.05, 0.1) is 11.3 Å². The van der Waals surface area contributed by atoms with E-state index in [-0.39, 0.29) is 11.3 Å². The summed E-state index contributed by atoms with van der Waals surface area (Å²) in [7, 11) is -2.25. The highest BCUT2D eigenvalue weighted by Crippen LogP contribution is 2.30. The molecule has 0 aliphatic carbocycles. The van der Waals surface area contributed by atoms with Crippen LogP contribution in [-0.4, -0.2) is 28.5 Å². The van der Waals surface area contributed by atoms with Crippen LogP contribution in [-0.2, 0) is 6.18 Å². The third-order valence-corrected chi connectivity index (χ3v) is 2.88. The normalized spacial score (nSPS) is 12.2. The van der Waals surface area contributed by atoms with E-state index < -0.39 is 36.4 Å². The average molecular weight is 351 g/mol. The lowest BCUT2D eigenvalue weighted by Crippen LogP contribution is -2.33. The Bertz CT molecular complexity index is 715. The molecule has 0 radical (unpaired) electrons. The SMILES string of the molecule is OB(O)c1cc(C(F)(F)F)cnc1-c1ccc(OC(F)(F)F)cc1. The van der Waals surface area contributed by atoms with Gasteiger partial charge in [0.25, 0.3) is 0 Å². The molecule has 0 amide bonds. The Kier molecular flexibility index (Phi) is 4.76. The van der Waals surface area contributed by atoms with Gasteiger partial charge in [-0.25, -0.2) is 0 Å². The van der Waals surface area contributed by atoms with Crippen molar-refractivity contribution in [2.45, 2.75) is 12.5 Å². The number of nitrogens with zero attached hydrogens (tertiary/aromatic N) is 1. The first-order chi connectivity index (χ1) is 11.0. The van der Waals surface area contributed by atoms with E-state index in [9.17, 15) is 36.4 Å². The smallest absolute Gasteiger partial charge is 0.423 e. The van der Waals surface area contributed by atoms with Crippen molar-refractivity contribution < 1.29 is 41.1 Å². The molecule has 128 valence electrons. The minimum atomic E-state index is -4.89. The zero-order valence-electron chi connectivity index (χ0n) is 11.6. The Labute approximate surface area is 131 Å². The van der Waals surface area contributed by atoms with Crippen LogP contribution in [0.5, 0.6) is 5.75 Å². The maximum Gasteiger partial charge on any atom is 0.573 e. The van der Waals surface area contributed by atoms with E-state index >= 15 is 0 Å². The number of pyridine rings is 1. The Morgan fingerprint density at radius 3 is 2.00 bits per heavy atom. The van der Waals surface area contributed by atoms with Crippen LogP contribution in [0.1, 0.15) is 5.56 Å². The second-order valence-corrected chi connectivity index (χ2v) is 4.61. The number of halogens is 6. The van der Waals surface area contributed by atoms with Gasteiger partial charge in [-0.1, -0.05) is 0 Å². The van der Waals surface area contributed by atoms with E-state index in [0.29, 0.717) is 12.3 Å². The lowest BCUT2D eigenvalue weighted by molar-refractivity contribution is -0.274. The van der Waals surface area contributed by atoms with Crippen LogP contribution in [0.15, 0.2) is 36.5 Å². The van der Waals surface area contributed by atoms with Crippen LogP contribution in [0.4, 0.5) is 26.3 Å². The van der Waals surface area contributed by atoms with Gasteiger partial charge in [0.15, 0.2) is 0 Å². The van der Waals surface area contributed by atoms with Gasteiger partial charge in [-0.15, -0.1) is 13.2 Å². The van der Waals surface area contributed by atoms with Crippen molar-refractivity contribution in [2.24, 2.45) is 0 Å². The molecule has 0 unspecified atom stereocenters. The fourth-order valence-electron chi connectivity index (χ4n) is 1.89. The van der Waals surface area contributed by atoms with Crippen LogP contribution < -0.4 is 10.2 Å². The molecule has 2 aromatic rings. The summed E-state index contributed by atoms with van der Waals surface area (Å²) in [6.45, 7) is 0. The lowest BCUT2D eigenvalue weighted by Gasteiger charge is -2.13. The molecule has 0 atom stereocenters. The Hall–Kier alpha value is -2.27. The highest BCUT2D eigenvalue weighted by molar-refractivity contribution is 6.60. The van der Waals surface area contributed by atoms with Crippen molar-refractivity contribution in [1.29, 1.82) is 0 Å². The highest BCUT2D eigenvalue weighted by atomic mass is 19.4. The first kappa shape index (κ1) is 18.1. The molecule has 0 fully saturated rings. The fourth-order valence-corrected chi connectivity index (χ4v) is 1.89. The van der Waals surface area contributed by atoms with Crippen molar-refractivity contribution in [3.63, 3.8) is 0 Å². The number of hydrogen-bond donors (Lipinski definition) is 2. The number of rotatable bonds is 3. The van der Waals surface area contributed by atoms with Crippen molar-refractivity contribution in [3.8, 4) is 17.0 Å². The van der Waals surface area contributed by atoms with E-state index in [1.54, 1.807) is 0 Å². The maximum absolute atomic E-state index is 12.6. The molecule has 2 rings (SSSR count). The van der Waals surface area contributed by atoms with Gasteiger partial charge >= 0.3 is 19.7 Å². The van der Waals surface area contributed by atoms with Crippen LogP contribution >= 0.6 is 0 Å². The summed E-state index contributed by atoms with van der Waals surface area (Å²) in [4.78, 5) is 3.54. The van der Waals surface area contributed by atoms with E-state index in [0.717, 1.165) is 24.3 Å². The van der Waals surface area contributed by atoms with Crippen molar-refractivity contribution in [3.05, 3.63) is 42.1 Å². The molecule has 0 spiro atoms. The molecule has 0 aliphatic heterocycles. The molecule has 1 heterocycles. The minimum Gasteiger partial charge on any atom is -0.423 e. The molecular formula is C13H8BF6NO3. The van der Waals surface area contributed by atoms with Crippen LogP contribution in [0.25, 0.3) is 11.3 Å². The predicted octanol–water partition coefficient (Wildman–Crippen LogP) is 2.35. The van der Waals surface area contributed by atoms with Gasteiger partial charge < -0.3 is 14.8 Å². The maximum atomic E-state index is 12.6. The van der Waals surface area contributed by atoms with Gasteiger partial charge in [0.2, 0.25) is 0 Å². The number of alkyl halides is 6. The molecule has 1 aromatic carbocycles. The summed E-state index contributed by atoms with van der Waals surface area (Å²) in [5.74, 6) is -0.538. The molecule has 0 bridgehead atoms. The van der Waals surface area contributed by atoms with Gasteiger partial charge in [-0.05, 0) is 30.3 Å². The number of hydrogen-bond acceptors (Lipinski definition) is 4. The molecule has 24 heavy (non-hydrogen) atoms. The van der Waals surface area contributed by atoms with E-state index in [1.807, 2.05) is 0 Å². The summed E-state index contributed by atoms with van der Waals surface area (Å²) in [5, 5.41) is 18.5. The molecule has 11 heteroatoms. The van der Waals surface area contributed by atoms with E-state index in [2.05, 4.69) is 9.72 Å². The Morgan fingerprint density at radius 1 is 0.958 bits per heavy atom. The number of ether oxygens (including phenoxy) is 1. The van der Waals surface area contributed by atoms with Crippen molar-refractivity contribution in [1.82, 2.24) is 4.98 Å². The summed E-state index contributed by atoms with van der Waals surface area (Å²) in [6, 6.07) is 4.56. The summed E-state index contributed by atoms with van der Waals surface area (Å²) < 4.78 is 77.9. The zero-order valence-corrected chi connectivity index (χ0v) is 11.6. The molecular weight excluding hydrogens is 343 g/mol. The molecule has 2 N–H and O–H groups in total. The fraction of sp³-hybridized carbons (Fsp3) is 0.154. The Morgan fingerprint density at radius 2 is 1.54 bits per heavy atom. The third kappa shape index (κ3) is 4.39. The summed E-state index contributed by atoms with van der Waals surface area (Å²) in [6.07, 6.45) is -9.14. The summed E-state index contributed by atoms with van der Waals surface area (Å²) >= 11 is 0. The predicted molar refractivity (Wildman–Crippen MR) is 71.2 cm³/mol. The van der Waals surface area contributed by atoms with Crippen molar-refractivity contribution >= 4 is 12.6 Å². The topological polar surface area (TPSA) is 62.6 Å². The Balaban J connectivity index is 2.41. The van der Waals surface area contributed by atoms with Crippen molar-refractivity contribution in [2.75, 3.05) is 0 Å². The third-order valence-electron chi connectivity index (χ3n) is 2.88. The van der Waals surface area contributed by atoms with Gasteiger partial charge in [-0.2, -0.15) is 13.2 Å².